The third kappa shape index (κ3) is 1.74. The summed E-state index contributed by atoms with van der Waals surface area (Å²) >= 11 is 0. The molecule has 0 aliphatic carbocycles. The summed E-state index contributed by atoms with van der Waals surface area (Å²) in [5.74, 6) is 0. The van der Waals surface area contributed by atoms with Crippen LogP contribution in [0.4, 0.5) is 4.39 Å². The third-order valence-electron chi connectivity index (χ3n) is 3.45. The van der Waals surface area contributed by atoms with Crippen LogP contribution in [0.3, 0.4) is 0 Å². The minimum absolute atomic E-state index is 0.140. The number of aryl methyl sites for hydroxylation is 1. The van der Waals surface area contributed by atoms with E-state index >= 15 is 0 Å². The van der Waals surface area contributed by atoms with E-state index in [1.165, 1.54) is 21.8 Å². The van der Waals surface area contributed by atoms with Crippen LogP contribution in [-0.4, -0.2) is 54.3 Å². The Labute approximate surface area is 112 Å². The summed E-state index contributed by atoms with van der Waals surface area (Å²) in [6, 6.07) is 0. The summed E-state index contributed by atoms with van der Waals surface area (Å²) in [7, 11) is 1.66. The van der Waals surface area contributed by atoms with Crippen LogP contribution in [0.1, 0.15) is 6.23 Å². The van der Waals surface area contributed by atoms with Gasteiger partial charge >= 0.3 is 0 Å². The molecule has 4 atom stereocenters. The average Bonchev–Trinajstić information content (AvgIpc) is 2.98. The fraction of sp³-hybridized carbons (Fsp3) is 0.545. The van der Waals surface area contributed by atoms with Crippen LogP contribution in [0.25, 0.3) is 11.2 Å². The van der Waals surface area contributed by atoms with Gasteiger partial charge in [0, 0.05) is 7.05 Å². The maximum absolute atomic E-state index is 14.1. The number of imidazole rings is 1. The molecule has 0 radical (unpaired) electrons. The van der Waals surface area contributed by atoms with Crippen LogP contribution in [0.15, 0.2) is 12.7 Å². The molecule has 9 heteroatoms. The molecule has 1 aliphatic heterocycles. The zero-order valence-electron chi connectivity index (χ0n) is 10.6. The SMILES string of the molecule is Cn1cnc2c(ncn2[C@@H]2O[C@H](CO)[C@@H](O)[C@H]2F)c1=N. The van der Waals surface area contributed by atoms with Gasteiger partial charge in [-0.2, -0.15) is 0 Å². The average molecular weight is 283 g/mol. The van der Waals surface area contributed by atoms with Gasteiger partial charge in [0.2, 0.25) is 0 Å². The molecule has 3 rings (SSSR count). The number of halogens is 1. The van der Waals surface area contributed by atoms with E-state index in [1.807, 2.05) is 0 Å². The molecule has 20 heavy (non-hydrogen) atoms. The zero-order valence-corrected chi connectivity index (χ0v) is 10.6. The lowest BCUT2D eigenvalue weighted by molar-refractivity contribution is -0.0459. The van der Waals surface area contributed by atoms with Crippen molar-refractivity contribution in [3.05, 3.63) is 18.1 Å². The van der Waals surface area contributed by atoms with E-state index in [1.54, 1.807) is 7.05 Å². The smallest absolute Gasteiger partial charge is 0.173 e. The monoisotopic (exact) mass is 283 g/mol. The van der Waals surface area contributed by atoms with E-state index < -0.39 is 31.2 Å². The molecule has 1 fully saturated rings. The van der Waals surface area contributed by atoms with E-state index in [9.17, 15) is 9.50 Å². The molecule has 0 unspecified atom stereocenters. The summed E-state index contributed by atoms with van der Waals surface area (Å²) in [6.07, 6.45) is -2.47. The molecule has 1 aliphatic rings. The van der Waals surface area contributed by atoms with Crippen molar-refractivity contribution >= 4 is 11.2 Å². The summed E-state index contributed by atoms with van der Waals surface area (Å²) in [4.78, 5) is 8.14. The molecule has 0 spiro atoms. The van der Waals surface area contributed by atoms with Crippen molar-refractivity contribution in [1.29, 1.82) is 5.41 Å². The lowest BCUT2D eigenvalue weighted by Crippen LogP contribution is -2.30. The molecule has 2 aromatic heterocycles. The van der Waals surface area contributed by atoms with E-state index in [0.717, 1.165) is 0 Å². The van der Waals surface area contributed by atoms with Gasteiger partial charge in [0.1, 0.15) is 17.7 Å². The first-order valence-electron chi connectivity index (χ1n) is 6.05. The Morgan fingerprint density at radius 1 is 1.45 bits per heavy atom. The largest absolute Gasteiger partial charge is 0.394 e. The highest BCUT2D eigenvalue weighted by Crippen LogP contribution is 2.32. The molecule has 3 N–H and O–H groups in total. The Bertz CT molecular complexity index is 699. The van der Waals surface area contributed by atoms with Crippen LogP contribution < -0.4 is 5.49 Å². The topological polar surface area (TPSA) is 109 Å². The van der Waals surface area contributed by atoms with Crippen molar-refractivity contribution in [3.8, 4) is 0 Å². The first-order chi connectivity index (χ1) is 9.54. The second-order valence-electron chi connectivity index (χ2n) is 4.71. The Morgan fingerprint density at radius 2 is 2.20 bits per heavy atom. The number of rotatable bonds is 2. The van der Waals surface area contributed by atoms with Gasteiger partial charge in [-0.15, -0.1) is 0 Å². The quantitative estimate of drug-likeness (QED) is 0.644. The van der Waals surface area contributed by atoms with E-state index in [4.69, 9.17) is 15.3 Å². The van der Waals surface area contributed by atoms with Gasteiger partial charge < -0.3 is 19.5 Å². The van der Waals surface area contributed by atoms with E-state index in [0.29, 0.717) is 11.2 Å². The van der Waals surface area contributed by atoms with Crippen LogP contribution in [0.5, 0.6) is 0 Å². The Morgan fingerprint density at radius 3 is 2.85 bits per heavy atom. The molecule has 3 heterocycles. The number of nitrogens with zero attached hydrogens (tertiary/aromatic N) is 4. The van der Waals surface area contributed by atoms with Gasteiger partial charge in [0.15, 0.2) is 23.5 Å². The second-order valence-corrected chi connectivity index (χ2v) is 4.71. The molecule has 0 bridgehead atoms. The maximum Gasteiger partial charge on any atom is 0.173 e. The molecular weight excluding hydrogens is 269 g/mol. The molecule has 0 aromatic carbocycles. The lowest BCUT2D eigenvalue weighted by Gasteiger charge is -2.15. The predicted molar refractivity (Wildman–Crippen MR) is 64.3 cm³/mol. The summed E-state index contributed by atoms with van der Waals surface area (Å²) in [6.45, 7) is -0.475. The summed E-state index contributed by atoms with van der Waals surface area (Å²) in [5.41, 5.74) is 0.751. The van der Waals surface area contributed by atoms with Crippen LogP contribution in [0.2, 0.25) is 0 Å². The number of nitrogens with one attached hydrogen (secondary N) is 1. The Kier molecular flexibility index (Phi) is 3.04. The van der Waals surface area contributed by atoms with Crippen molar-refractivity contribution in [2.75, 3.05) is 6.61 Å². The zero-order chi connectivity index (χ0) is 14.4. The van der Waals surface area contributed by atoms with E-state index in [-0.39, 0.29) is 5.49 Å². The number of ether oxygens (including phenoxy) is 1. The number of fused-ring (bicyclic) bond motifs is 1. The molecule has 0 saturated carbocycles. The first kappa shape index (κ1) is 13.2. The number of hydrogen-bond acceptors (Lipinski definition) is 6. The molecule has 108 valence electrons. The summed E-state index contributed by atoms with van der Waals surface area (Å²) < 4.78 is 22.2. The Balaban J connectivity index is 2.08. The summed E-state index contributed by atoms with van der Waals surface area (Å²) in [5, 5.41) is 26.5. The normalized spacial score (nSPS) is 30.2. The molecular formula is C11H14FN5O3. The van der Waals surface area contributed by atoms with Gasteiger partial charge in [-0.3, -0.25) is 9.98 Å². The van der Waals surface area contributed by atoms with Gasteiger partial charge in [-0.05, 0) is 0 Å². The third-order valence-corrected chi connectivity index (χ3v) is 3.45. The number of aliphatic hydroxyl groups is 2. The minimum Gasteiger partial charge on any atom is -0.394 e. The van der Waals surface area contributed by atoms with Crippen molar-refractivity contribution in [2.24, 2.45) is 7.05 Å². The number of alkyl halides is 1. The number of aromatic nitrogens is 4. The second kappa shape index (κ2) is 4.62. The van der Waals surface area contributed by atoms with Gasteiger partial charge in [-0.1, -0.05) is 0 Å². The highest BCUT2D eigenvalue weighted by atomic mass is 19.1. The molecule has 1 saturated heterocycles. The Hall–Kier alpha value is -1.84. The van der Waals surface area contributed by atoms with Crippen LogP contribution in [0, 0.1) is 5.41 Å². The van der Waals surface area contributed by atoms with Crippen LogP contribution in [-0.2, 0) is 11.8 Å². The predicted octanol–water partition coefficient (Wildman–Crippen LogP) is -1.16. The first-order valence-corrected chi connectivity index (χ1v) is 6.05. The van der Waals surface area contributed by atoms with Crippen molar-refractivity contribution in [3.63, 3.8) is 0 Å². The van der Waals surface area contributed by atoms with Crippen molar-refractivity contribution in [1.82, 2.24) is 19.1 Å². The molecule has 2 aromatic rings. The van der Waals surface area contributed by atoms with Crippen molar-refractivity contribution < 1.29 is 19.3 Å². The van der Waals surface area contributed by atoms with Crippen molar-refractivity contribution in [2.45, 2.75) is 24.6 Å². The minimum atomic E-state index is -1.70. The van der Waals surface area contributed by atoms with Gasteiger partial charge in [-0.25, -0.2) is 14.4 Å². The lowest BCUT2D eigenvalue weighted by atomic mass is 10.1. The fourth-order valence-electron chi connectivity index (χ4n) is 2.28. The number of hydrogen-bond donors (Lipinski definition) is 3. The molecule has 8 nitrogen and oxygen atoms in total. The highest BCUT2D eigenvalue weighted by Gasteiger charge is 2.45. The van der Waals surface area contributed by atoms with Gasteiger partial charge in [0.05, 0.1) is 19.3 Å². The maximum atomic E-state index is 14.1. The van der Waals surface area contributed by atoms with Crippen LogP contribution >= 0.6 is 0 Å². The van der Waals surface area contributed by atoms with E-state index in [2.05, 4.69) is 9.97 Å². The standard InChI is InChI=1S/C11H14FN5O3/c1-16-3-15-10-7(9(16)13)14-4-17(10)11-6(12)8(19)5(2-18)20-11/h3-6,8,11,13,18-19H,2H2,1H3/t5-,6-,8-,11-/m1/s1. The highest BCUT2D eigenvalue weighted by molar-refractivity contribution is 5.68. The van der Waals surface area contributed by atoms with Gasteiger partial charge in [0.25, 0.3) is 0 Å². The molecule has 0 amide bonds. The fourth-order valence-corrected chi connectivity index (χ4v) is 2.28. The number of aliphatic hydroxyl groups excluding tert-OH is 2.